The van der Waals surface area contributed by atoms with Crippen LogP contribution in [0.15, 0.2) is 6.08 Å². The lowest BCUT2D eigenvalue weighted by molar-refractivity contribution is 0.378. The van der Waals surface area contributed by atoms with E-state index in [2.05, 4.69) is 22.1 Å². The predicted octanol–water partition coefficient (Wildman–Crippen LogP) is 2.77. The molecular formula is C12H15N3. The summed E-state index contributed by atoms with van der Waals surface area (Å²) in [5.74, 6) is 1.15. The number of aromatic amines is 1. The van der Waals surface area contributed by atoms with Crippen LogP contribution in [0.1, 0.15) is 43.4 Å². The van der Waals surface area contributed by atoms with E-state index in [0.29, 0.717) is 0 Å². The van der Waals surface area contributed by atoms with Crippen LogP contribution in [-0.2, 0) is 0 Å². The number of allylic oxidation sites excluding steroid dienone is 1. The molecule has 1 heterocycles. The molecule has 15 heavy (non-hydrogen) atoms. The van der Waals surface area contributed by atoms with E-state index in [1.54, 1.807) is 0 Å². The summed E-state index contributed by atoms with van der Waals surface area (Å²) in [6.45, 7) is 5.91. The Balaban J connectivity index is 2.47. The Morgan fingerprint density at radius 3 is 3.00 bits per heavy atom. The van der Waals surface area contributed by atoms with E-state index < -0.39 is 0 Å². The summed E-state index contributed by atoms with van der Waals surface area (Å²) >= 11 is 0. The summed E-state index contributed by atoms with van der Waals surface area (Å²) in [7, 11) is 0. The van der Waals surface area contributed by atoms with Crippen molar-refractivity contribution in [2.24, 2.45) is 5.41 Å². The van der Waals surface area contributed by atoms with Gasteiger partial charge >= 0.3 is 0 Å². The quantitative estimate of drug-likeness (QED) is 0.759. The third kappa shape index (κ3) is 1.56. The number of aryl methyl sites for hydroxylation is 1. The highest BCUT2D eigenvalue weighted by Crippen LogP contribution is 2.41. The standard InChI is InChI=1S/C12H15N3/c1-8-14-10-6-4-5-9(11(10)15-8)12(2,3)7-13/h4,6,9H,5H2,1-3H3,(H,14,15)/t9-/m1/s1. The van der Waals surface area contributed by atoms with Crippen molar-refractivity contribution in [3.05, 3.63) is 23.3 Å². The molecule has 0 unspecified atom stereocenters. The fraction of sp³-hybridized carbons (Fsp3) is 0.500. The number of imidazole rings is 1. The number of H-pyrrole nitrogens is 1. The number of fused-ring (bicyclic) bond motifs is 1. The van der Waals surface area contributed by atoms with E-state index in [4.69, 9.17) is 0 Å². The van der Waals surface area contributed by atoms with E-state index in [0.717, 1.165) is 23.6 Å². The van der Waals surface area contributed by atoms with Gasteiger partial charge in [-0.2, -0.15) is 5.26 Å². The lowest BCUT2D eigenvalue weighted by Gasteiger charge is -2.28. The van der Waals surface area contributed by atoms with Crippen molar-refractivity contribution in [1.82, 2.24) is 9.97 Å². The number of hydrogen-bond donors (Lipinski definition) is 1. The molecule has 0 saturated heterocycles. The van der Waals surface area contributed by atoms with E-state index in [1.807, 2.05) is 26.8 Å². The third-order valence-corrected chi connectivity index (χ3v) is 3.03. The van der Waals surface area contributed by atoms with Gasteiger partial charge in [-0.15, -0.1) is 0 Å². The zero-order chi connectivity index (χ0) is 11.1. The van der Waals surface area contributed by atoms with Gasteiger partial charge in [0.25, 0.3) is 0 Å². The van der Waals surface area contributed by atoms with Gasteiger partial charge in [0.05, 0.1) is 17.2 Å². The van der Waals surface area contributed by atoms with Crippen molar-refractivity contribution in [3.63, 3.8) is 0 Å². The monoisotopic (exact) mass is 201 g/mol. The summed E-state index contributed by atoms with van der Waals surface area (Å²) < 4.78 is 0. The highest BCUT2D eigenvalue weighted by Gasteiger charge is 2.34. The first kappa shape index (κ1) is 9.97. The average Bonchev–Trinajstić information content (AvgIpc) is 2.57. The molecular weight excluding hydrogens is 186 g/mol. The number of nitrogens with one attached hydrogen (secondary N) is 1. The van der Waals surface area contributed by atoms with Crippen LogP contribution in [0.5, 0.6) is 0 Å². The molecule has 0 bridgehead atoms. The molecule has 1 N–H and O–H groups in total. The zero-order valence-corrected chi connectivity index (χ0v) is 9.33. The molecule has 0 radical (unpaired) electrons. The molecule has 0 fully saturated rings. The molecule has 0 saturated carbocycles. The first-order chi connectivity index (χ1) is 7.04. The molecule has 0 aromatic carbocycles. The molecule has 1 aliphatic carbocycles. The van der Waals surface area contributed by atoms with E-state index in [-0.39, 0.29) is 11.3 Å². The molecule has 0 amide bonds. The second-order valence-corrected chi connectivity index (χ2v) is 4.65. The topological polar surface area (TPSA) is 52.5 Å². The fourth-order valence-corrected chi connectivity index (χ4v) is 2.09. The van der Waals surface area contributed by atoms with Gasteiger partial charge in [0.1, 0.15) is 5.82 Å². The second-order valence-electron chi connectivity index (χ2n) is 4.65. The van der Waals surface area contributed by atoms with Crippen molar-refractivity contribution in [2.45, 2.75) is 33.1 Å². The Morgan fingerprint density at radius 2 is 2.33 bits per heavy atom. The molecule has 3 nitrogen and oxygen atoms in total. The molecule has 1 aromatic heterocycles. The van der Waals surface area contributed by atoms with Crippen LogP contribution in [0.25, 0.3) is 6.08 Å². The van der Waals surface area contributed by atoms with Crippen LogP contribution < -0.4 is 0 Å². The number of nitrogens with zero attached hydrogens (tertiary/aromatic N) is 2. The van der Waals surface area contributed by atoms with E-state index in [9.17, 15) is 5.26 Å². The van der Waals surface area contributed by atoms with Gasteiger partial charge in [0.2, 0.25) is 0 Å². The molecule has 78 valence electrons. The maximum Gasteiger partial charge on any atom is 0.103 e. The second kappa shape index (κ2) is 3.23. The Bertz CT molecular complexity index is 446. The van der Waals surface area contributed by atoms with Crippen LogP contribution in [-0.4, -0.2) is 9.97 Å². The van der Waals surface area contributed by atoms with Crippen molar-refractivity contribution < 1.29 is 0 Å². The molecule has 2 rings (SSSR count). The lowest BCUT2D eigenvalue weighted by Crippen LogP contribution is -2.22. The van der Waals surface area contributed by atoms with Crippen molar-refractivity contribution in [1.29, 1.82) is 5.26 Å². The van der Waals surface area contributed by atoms with Gasteiger partial charge in [0, 0.05) is 11.6 Å². The summed E-state index contributed by atoms with van der Waals surface area (Å²) in [5.41, 5.74) is 1.76. The minimum Gasteiger partial charge on any atom is -0.345 e. The van der Waals surface area contributed by atoms with E-state index in [1.165, 1.54) is 0 Å². The summed E-state index contributed by atoms with van der Waals surface area (Å²) in [6, 6.07) is 2.38. The van der Waals surface area contributed by atoms with Crippen molar-refractivity contribution in [2.75, 3.05) is 0 Å². The molecule has 1 aromatic rings. The minimum absolute atomic E-state index is 0.226. The summed E-state index contributed by atoms with van der Waals surface area (Å²) in [6.07, 6.45) is 5.05. The van der Waals surface area contributed by atoms with Crippen molar-refractivity contribution in [3.8, 4) is 6.07 Å². The Morgan fingerprint density at radius 1 is 1.60 bits per heavy atom. The van der Waals surface area contributed by atoms with Crippen LogP contribution in [0.4, 0.5) is 0 Å². The highest BCUT2D eigenvalue weighted by atomic mass is 14.9. The molecule has 0 spiro atoms. The summed E-state index contributed by atoms with van der Waals surface area (Å²) in [5, 5.41) is 9.17. The highest BCUT2D eigenvalue weighted by molar-refractivity contribution is 5.53. The van der Waals surface area contributed by atoms with Gasteiger partial charge in [0.15, 0.2) is 0 Å². The fourth-order valence-electron chi connectivity index (χ4n) is 2.09. The third-order valence-electron chi connectivity index (χ3n) is 3.03. The first-order valence-electron chi connectivity index (χ1n) is 5.19. The predicted molar refractivity (Wildman–Crippen MR) is 59.1 cm³/mol. The maximum absolute atomic E-state index is 9.17. The average molecular weight is 201 g/mol. The number of hydrogen-bond acceptors (Lipinski definition) is 2. The maximum atomic E-state index is 9.17. The van der Waals surface area contributed by atoms with Gasteiger partial charge in [-0.1, -0.05) is 6.08 Å². The normalized spacial score (nSPS) is 19.7. The first-order valence-corrected chi connectivity index (χ1v) is 5.19. The largest absolute Gasteiger partial charge is 0.345 e. The van der Waals surface area contributed by atoms with Gasteiger partial charge in [-0.3, -0.25) is 0 Å². The number of aromatic nitrogens is 2. The van der Waals surface area contributed by atoms with Crippen LogP contribution in [0.3, 0.4) is 0 Å². The van der Waals surface area contributed by atoms with Crippen LogP contribution in [0, 0.1) is 23.7 Å². The summed E-state index contributed by atoms with van der Waals surface area (Å²) in [4.78, 5) is 7.67. The Hall–Kier alpha value is -1.56. The SMILES string of the molecule is Cc1nc2c([nH]1)[C@H](C(C)(C)C#N)CC=C2. The Kier molecular flexibility index (Phi) is 2.15. The molecule has 1 atom stereocenters. The molecule has 0 aliphatic heterocycles. The van der Waals surface area contributed by atoms with E-state index >= 15 is 0 Å². The lowest BCUT2D eigenvalue weighted by atomic mass is 9.74. The number of nitriles is 1. The zero-order valence-electron chi connectivity index (χ0n) is 9.33. The van der Waals surface area contributed by atoms with Gasteiger partial charge < -0.3 is 4.98 Å². The van der Waals surface area contributed by atoms with Crippen LogP contribution in [0.2, 0.25) is 0 Å². The minimum atomic E-state index is -0.349. The van der Waals surface area contributed by atoms with Crippen molar-refractivity contribution >= 4 is 6.08 Å². The van der Waals surface area contributed by atoms with Crippen LogP contribution >= 0.6 is 0 Å². The molecule has 1 aliphatic rings. The number of rotatable bonds is 1. The van der Waals surface area contributed by atoms with Gasteiger partial charge in [-0.25, -0.2) is 4.98 Å². The molecule has 3 heteroatoms. The van der Waals surface area contributed by atoms with Gasteiger partial charge in [-0.05, 0) is 33.3 Å². The Labute approximate surface area is 89.8 Å². The smallest absolute Gasteiger partial charge is 0.103 e.